The lowest BCUT2D eigenvalue weighted by Crippen LogP contribution is -2.52. The molecule has 2 aliphatic rings. The fourth-order valence-electron chi connectivity index (χ4n) is 5.10. The quantitative estimate of drug-likeness (QED) is 0.543. The number of hydrogen-bond donors (Lipinski definition) is 3. The number of anilines is 1. The molecule has 3 rings (SSSR count). The predicted octanol–water partition coefficient (Wildman–Crippen LogP) is 2.70. The number of halogens is 1. The fourth-order valence-corrected chi connectivity index (χ4v) is 5.29. The van der Waals surface area contributed by atoms with Crippen LogP contribution in [0.15, 0.2) is 36.4 Å². The minimum atomic E-state index is -0.857. The Hall–Kier alpha value is -2.38. The summed E-state index contributed by atoms with van der Waals surface area (Å²) >= 11 is 6.24. The van der Waals surface area contributed by atoms with Crippen molar-refractivity contribution < 1.29 is 19.5 Å². The second-order valence-electron chi connectivity index (χ2n) is 8.85. The number of benzene rings is 1. The zero-order chi connectivity index (χ0) is 23.6. The predicted molar refractivity (Wildman–Crippen MR) is 124 cm³/mol. The molecule has 3 amide bonds. The first kappa shape index (κ1) is 24.3. The van der Waals surface area contributed by atoms with Gasteiger partial charge in [0.1, 0.15) is 6.04 Å². The molecule has 6 atom stereocenters. The van der Waals surface area contributed by atoms with Gasteiger partial charge in [0, 0.05) is 13.0 Å². The van der Waals surface area contributed by atoms with Crippen LogP contribution in [-0.4, -0.2) is 53.5 Å². The van der Waals surface area contributed by atoms with E-state index in [1.165, 1.54) is 4.90 Å². The van der Waals surface area contributed by atoms with Crippen molar-refractivity contribution in [3.05, 3.63) is 41.4 Å². The lowest BCUT2D eigenvalue weighted by Gasteiger charge is -2.35. The third kappa shape index (κ3) is 4.28. The number of nitrogens with one attached hydrogen (secondary N) is 2. The van der Waals surface area contributed by atoms with Gasteiger partial charge in [-0.1, -0.05) is 56.7 Å². The molecule has 1 aliphatic heterocycles. The lowest BCUT2D eigenvalue weighted by molar-refractivity contribution is -0.143. The third-order valence-electron chi connectivity index (χ3n) is 6.78. The number of aliphatic hydroxyl groups is 1. The van der Waals surface area contributed by atoms with Crippen LogP contribution in [-0.2, 0) is 14.4 Å². The highest BCUT2D eigenvalue weighted by molar-refractivity contribution is 6.33. The Morgan fingerprint density at radius 3 is 2.44 bits per heavy atom. The largest absolute Gasteiger partial charge is 0.394 e. The summed E-state index contributed by atoms with van der Waals surface area (Å²) < 4.78 is 0. The van der Waals surface area contributed by atoms with Crippen LogP contribution in [0.4, 0.5) is 5.69 Å². The Labute approximate surface area is 194 Å². The van der Waals surface area contributed by atoms with Gasteiger partial charge in [0.05, 0.1) is 35.2 Å². The molecular formula is C24H32ClN3O4. The van der Waals surface area contributed by atoms with Gasteiger partial charge in [0.25, 0.3) is 0 Å². The molecule has 0 unspecified atom stereocenters. The Balaban J connectivity index is 2.07. The van der Waals surface area contributed by atoms with Gasteiger partial charge in [-0.15, -0.1) is 0 Å². The highest BCUT2D eigenvalue weighted by Crippen LogP contribution is 2.46. The first-order valence-corrected chi connectivity index (χ1v) is 11.5. The van der Waals surface area contributed by atoms with Gasteiger partial charge in [0.15, 0.2) is 0 Å². The van der Waals surface area contributed by atoms with Crippen molar-refractivity contribution in [2.45, 2.75) is 39.3 Å². The minimum Gasteiger partial charge on any atom is -0.394 e. The molecule has 1 saturated heterocycles. The Bertz CT molecular complexity index is 903. The van der Waals surface area contributed by atoms with Crippen LogP contribution in [0.2, 0.25) is 5.02 Å². The van der Waals surface area contributed by atoms with E-state index in [2.05, 4.69) is 10.6 Å². The van der Waals surface area contributed by atoms with Gasteiger partial charge in [-0.25, -0.2) is 0 Å². The fraction of sp³-hybridized carbons (Fsp3) is 0.542. The van der Waals surface area contributed by atoms with Crippen LogP contribution in [0.3, 0.4) is 0 Å². The molecule has 0 saturated carbocycles. The van der Waals surface area contributed by atoms with Crippen molar-refractivity contribution in [3.63, 3.8) is 0 Å². The maximum atomic E-state index is 13.8. The van der Waals surface area contributed by atoms with Crippen LogP contribution in [0, 0.1) is 29.6 Å². The summed E-state index contributed by atoms with van der Waals surface area (Å²) in [5.41, 5.74) is 0.453. The zero-order valence-corrected chi connectivity index (χ0v) is 19.7. The highest BCUT2D eigenvalue weighted by atomic mass is 35.5. The van der Waals surface area contributed by atoms with Crippen molar-refractivity contribution in [2.75, 3.05) is 19.0 Å². The van der Waals surface area contributed by atoms with Gasteiger partial charge in [-0.3, -0.25) is 14.4 Å². The van der Waals surface area contributed by atoms with Crippen LogP contribution in [0.25, 0.3) is 0 Å². The molecule has 0 spiro atoms. The van der Waals surface area contributed by atoms with Gasteiger partial charge >= 0.3 is 0 Å². The molecule has 0 bridgehead atoms. The summed E-state index contributed by atoms with van der Waals surface area (Å²) in [6.07, 6.45) is 4.56. The summed E-state index contributed by atoms with van der Waals surface area (Å²) in [6.45, 7) is 5.51. The van der Waals surface area contributed by atoms with Crippen LogP contribution in [0.5, 0.6) is 0 Å². The van der Waals surface area contributed by atoms with Crippen molar-refractivity contribution in [2.24, 2.45) is 29.6 Å². The van der Waals surface area contributed by atoms with E-state index in [0.717, 1.165) is 0 Å². The maximum absolute atomic E-state index is 13.8. The van der Waals surface area contributed by atoms with Crippen molar-refractivity contribution in [3.8, 4) is 0 Å². The normalized spacial score (nSPS) is 27.9. The Kier molecular flexibility index (Phi) is 7.62. The molecule has 0 radical (unpaired) electrons. The first-order valence-electron chi connectivity index (χ1n) is 11.1. The second-order valence-corrected chi connectivity index (χ2v) is 9.26. The van der Waals surface area contributed by atoms with E-state index >= 15 is 0 Å². The SMILES string of the molecule is CC[C@@H]1C=C[C@H]2[C@H](C(=O)N([C@@H](CO)C(C)C)[C@@H]2C(=O)Nc2ccccc2Cl)[C@@H]1C(=O)NC. The number of rotatable bonds is 7. The monoisotopic (exact) mass is 461 g/mol. The molecule has 1 heterocycles. The van der Waals surface area contributed by atoms with Crippen LogP contribution >= 0.6 is 11.6 Å². The van der Waals surface area contributed by atoms with Crippen molar-refractivity contribution in [1.82, 2.24) is 10.2 Å². The summed E-state index contributed by atoms with van der Waals surface area (Å²) in [6, 6.07) is 5.50. The van der Waals surface area contributed by atoms with E-state index in [1.54, 1.807) is 31.3 Å². The number of aliphatic hydroxyl groups excluding tert-OH is 1. The van der Waals surface area contributed by atoms with Gasteiger partial charge in [0.2, 0.25) is 17.7 Å². The smallest absolute Gasteiger partial charge is 0.247 e. The Morgan fingerprint density at radius 1 is 1.19 bits per heavy atom. The van der Waals surface area contributed by atoms with E-state index in [1.807, 2.05) is 32.9 Å². The molecule has 1 fully saturated rings. The summed E-state index contributed by atoms with van der Waals surface area (Å²) in [5, 5.41) is 16.1. The highest BCUT2D eigenvalue weighted by Gasteiger charge is 2.58. The minimum absolute atomic E-state index is 0.0795. The average molecular weight is 462 g/mol. The van der Waals surface area contributed by atoms with Gasteiger partial charge in [-0.05, 0) is 30.4 Å². The standard InChI is InChI=1S/C24H32ClN3O4/c1-5-14-10-11-15-20(19(14)22(30)26-4)24(32)28(18(12-29)13(2)3)21(15)23(31)27-17-9-7-6-8-16(17)25/h6-11,13-15,18-21,29H,5,12H2,1-4H3,(H,26,30)(H,27,31)/t14-,15+,18+,19-,20+,21+/m1/s1. The molecule has 32 heavy (non-hydrogen) atoms. The average Bonchev–Trinajstić information content (AvgIpc) is 3.06. The Morgan fingerprint density at radius 2 is 1.88 bits per heavy atom. The molecule has 7 nitrogen and oxygen atoms in total. The number of allylic oxidation sites excluding steroid dienone is 1. The first-order chi connectivity index (χ1) is 15.3. The molecule has 174 valence electrons. The number of amides is 3. The lowest BCUT2D eigenvalue weighted by atomic mass is 9.69. The number of likely N-dealkylation sites (tertiary alicyclic amines) is 1. The number of fused-ring (bicyclic) bond motifs is 1. The molecule has 3 N–H and O–H groups in total. The molecule has 1 aromatic rings. The molecule has 0 aromatic heterocycles. The third-order valence-corrected chi connectivity index (χ3v) is 7.11. The maximum Gasteiger partial charge on any atom is 0.247 e. The molecule has 8 heteroatoms. The summed E-state index contributed by atoms with van der Waals surface area (Å²) in [4.78, 5) is 41.6. The number of hydrogen-bond acceptors (Lipinski definition) is 4. The van der Waals surface area contributed by atoms with E-state index in [-0.39, 0.29) is 36.2 Å². The molecule has 1 aliphatic carbocycles. The van der Waals surface area contributed by atoms with E-state index in [4.69, 9.17) is 11.6 Å². The second kappa shape index (κ2) is 10.0. The topological polar surface area (TPSA) is 98.7 Å². The summed E-state index contributed by atoms with van der Waals surface area (Å²) in [7, 11) is 1.56. The molecular weight excluding hydrogens is 430 g/mol. The van der Waals surface area contributed by atoms with E-state index in [0.29, 0.717) is 17.1 Å². The number of carbonyl (C=O) groups is 3. The number of nitrogens with zero attached hydrogens (tertiary/aromatic N) is 1. The van der Waals surface area contributed by atoms with Gasteiger partial charge < -0.3 is 20.6 Å². The number of para-hydroxylation sites is 1. The van der Waals surface area contributed by atoms with Gasteiger partial charge in [-0.2, -0.15) is 0 Å². The van der Waals surface area contributed by atoms with E-state index < -0.39 is 29.8 Å². The molecule has 1 aromatic carbocycles. The van der Waals surface area contributed by atoms with Crippen molar-refractivity contribution >= 4 is 35.0 Å². The number of carbonyl (C=O) groups excluding carboxylic acids is 3. The van der Waals surface area contributed by atoms with Crippen LogP contribution in [0.1, 0.15) is 27.2 Å². The van der Waals surface area contributed by atoms with Crippen molar-refractivity contribution in [1.29, 1.82) is 0 Å². The zero-order valence-electron chi connectivity index (χ0n) is 18.9. The van der Waals surface area contributed by atoms with Crippen LogP contribution < -0.4 is 10.6 Å². The summed E-state index contributed by atoms with van der Waals surface area (Å²) in [5.74, 6) is -2.75. The van der Waals surface area contributed by atoms with E-state index in [9.17, 15) is 19.5 Å².